The molecule has 0 amide bonds. The van der Waals surface area contributed by atoms with Gasteiger partial charge < -0.3 is 10.1 Å². The fraction of sp³-hybridized carbons (Fsp3) is 0.200. The van der Waals surface area contributed by atoms with E-state index in [1.807, 2.05) is 49.4 Å². The van der Waals surface area contributed by atoms with Gasteiger partial charge in [-0.2, -0.15) is 0 Å². The van der Waals surface area contributed by atoms with Gasteiger partial charge in [-0.25, -0.2) is 0 Å². The van der Waals surface area contributed by atoms with Gasteiger partial charge in [0.2, 0.25) is 0 Å². The summed E-state index contributed by atoms with van der Waals surface area (Å²) in [5.74, 6) is 0.722. The lowest BCUT2D eigenvalue weighted by atomic mass is 10.2. The molecule has 0 aliphatic rings. The van der Waals surface area contributed by atoms with E-state index in [0.29, 0.717) is 18.2 Å². The van der Waals surface area contributed by atoms with Gasteiger partial charge in [-0.1, -0.05) is 29.3 Å². The summed E-state index contributed by atoms with van der Waals surface area (Å²) in [6.45, 7) is 3.25. The Morgan fingerprint density at radius 1 is 1.05 bits per heavy atom. The van der Waals surface area contributed by atoms with E-state index in [1.165, 1.54) is 0 Å². The zero-order valence-corrected chi connectivity index (χ0v) is 12.1. The minimum absolute atomic E-state index is 0.613. The van der Waals surface area contributed by atoms with Crippen molar-refractivity contribution in [2.75, 3.05) is 11.9 Å². The lowest BCUT2D eigenvalue weighted by molar-refractivity contribution is 0.340. The van der Waals surface area contributed by atoms with Crippen LogP contribution in [0.2, 0.25) is 10.0 Å². The van der Waals surface area contributed by atoms with E-state index in [2.05, 4.69) is 5.32 Å². The molecular weight excluding hydrogens is 281 g/mol. The highest BCUT2D eigenvalue weighted by molar-refractivity contribution is 6.32. The van der Waals surface area contributed by atoms with Crippen molar-refractivity contribution in [1.29, 1.82) is 0 Å². The van der Waals surface area contributed by atoms with Crippen LogP contribution in [0.4, 0.5) is 5.69 Å². The lowest BCUT2D eigenvalue weighted by Gasteiger charge is -2.09. The maximum Gasteiger partial charge on any atom is 0.137 e. The van der Waals surface area contributed by atoms with E-state index in [4.69, 9.17) is 27.9 Å². The number of nitrogens with one attached hydrogen (secondary N) is 1. The molecule has 4 heteroatoms. The predicted molar refractivity (Wildman–Crippen MR) is 81.4 cm³/mol. The summed E-state index contributed by atoms with van der Waals surface area (Å²) in [7, 11) is 0. The van der Waals surface area contributed by atoms with Crippen LogP contribution in [-0.2, 0) is 6.54 Å². The van der Waals surface area contributed by atoms with Gasteiger partial charge in [-0.15, -0.1) is 0 Å². The lowest BCUT2D eigenvalue weighted by Crippen LogP contribution is -2.00. The summed E-state index contributed by atoms with van der Waals surface area (Å²) in [6.07, 6.45) is 0. The first-order valence-electron chi connectivity index (χ1n) is 6.09. The van der Waals surface area contributed by atoms with Crippen LogP contribution in [0.15, 0.2) is 42.5 Å². The molecule has 0 radical (unpaired) electrons. The number of anilines is 1. The molecule has 19 heavy (non-hydrogen) atoms. The number of hydrogen-bond acceptors (Lipinski definition) is 2. The average Bonchev–Trinajstić information content (AvgIpc) is 2.41. The Labute approximate surface area is 123 Å². The first-order chi connectivity index (χ1) is 9.19. The van der Waals surface area contributed by atoms with Crippen LogP contribution in [0, 0.1) is 0 Å². The van der Waals surface area contributed by atoms with Crippen molar-refractivity contribution < 1.29 is 4.74 Å². The summed E-state index contributed by atoms with van der Waals surface area (Å²) in [5.41, 5.74) is 2.12. The Bertz CT molecular complexity index is 540. The van der Waals surface area contributed by atoms with Gasteiger partial charge in [0.05, 0.1) is 11.6 Å². The molecule has 0 fully saturated rings. The molecule has 0 saturated heterocycles. The second-order valence-corrected chi connectivity index (χ2v) is 4.90. The van der Waals surface area contributed by atoms with Crippen LogP contribution in [-0.4, -0.2) is 6.61 Å². The molecule has 2 aromatic rings. The molecule has 2 rings (SSSR count). The molecular formula is C15H15Cl2NO. The number of ether oxygens (including phenoxy) is 1. The molecule has 0 unspecified atom stereocenters. The standard InChI is InChI=1S/C15H15Cl2NO/c1-2-19-15-8-3-11(9-14(15)17)10-18-13-6-4-12(16)5-7-13/h3-9,18H,2,10H2,1H3. The third kappa shape index (κ3) is 4.05. The Balaban J connectivity index is 1.99. The Hall–Kier alpha value is -1.38. The van der Waals surface area contributed by atoms with Crippen molar-refractivity contribution in [1.82, 2.24) is 0 Å². The summed E-state index contributed by atoms with van der Waals surface area (Å²) in [4.78, 5) is 0. The Morgan fingerprint density at radius 3 is 2.42 bits per heavy atom. The molecule has 0 saturated carbocycles. The zero-order valence-electron chi connectivity index (χ0n) is 10.6. The highest BCUT2D eigenvalue weighted by Crippen LogP contribution is 2.25. The molecule has 100 valence electrons. The van der Waals surface area contributed by atoms with Crippen LogP contribution < -0.4 is 10.1 Å². The highest BCUT2D eigenvalue weighted by Gasteiger charge is 2.02. The normalized spacial score (nSPS) is 10.3. The summed E-state index contributed by atoms with van der Waals surface area (Å²) < 4.78 is 5.40. The highest BCUT2D eigenvalue weighted by atomic mass is 35.5. The third-order valence-corrected chi connectivity index (χ3v) is 3.18. The van der Waals surface area contributed by atoms with Gasteiger partial charge in [0.25, 0.3) is 0 Å². The fourth-order valence-electron chi connectivity index (χ4n) is 1.70. The van der Waals surface area contributed by atoms with Crippen LogP contribution in [0.1, 0.15) is 12.5 Å². The zero-order chi connectivity index (χ0) is 13.7. The van der Waals surface area contributed by atoms with Crippen LogP contribution in [0.25, 0.3) is 0 Å². The van der Waals surface area contributed by atoms with Gasteiger partial charge in [-0.3, -0.25) is 0 Å². The largest absolute Gasteiger partial charge is 0.492 e. The van der Waals surface area contributed by atoms with Crippen molar-refractivity contribution in [3.05, 3.63) is 58.1 Å². The second-order valence-electron chi connectivity index (χ2n) is 4.06. The first kappa shape index (κ1) is 14.0. The van der Waals surface area contributed by atoms with Crippen LogP contribution in [0.3, 0.4) is 0 Å². The summed E-state index contributed by atoms with van der Waals surface area (Å²) in [5, 5.41) is 4.68. The van der Waals surface area contributed by atoms with Crippen molar-refractivity contribution in [3.8, 4) is 5.75 Å². The summed E-state index contributed by atoms with van der Waals surface area (Å²) in [6, 6.07) is 13.4. The van der Waals surface area contributed by atoms with E-state index >= 15 is 0 Å². The van der Waals surface area contributed by atoms with E-state index in [9.17, 15) is 0 Å². The van der Waals surface area contributed by atoms with E-state index in [1.54, 1.807) is 0 Å². The van der Waals surface area contributed by atoms with Gasteiger partial charge in [0, 0.05) is 17.3 Å². The second kappa shape index (κ2) is 6.69. The number of benzene rings is 2. The topological polar surface area (TPSA) is 21.3 Å². The predicted octanol–water partition coefficient (Wildman–Crippen LogP) is 5.00. The van der Waals surface area contributed by atoms with Gasteiger partial charge in [0.15, 0.2) is 0 Å². The molecule has 0 spiro atoms. The minimum atomic E-state index is 0.613. The van der Waals surface area contributed by atoms with Crippen molar-refractivity contribution in [2.45, 2.75) is 13.5 Å². The maximum absolute atomic E-state index is 6.14. The maximum atomic E-state index is 6.14. The van der Waals surface area contributed by atoms with Gasteiger partial charge in [0.1, 0.15) is 5.75 Å². The molecule has 2 aromatic carbocycles. The van der Waals surface area contributed by atoms with Crippen LogP contribution >= 0.6 is 23.2 Å². The van der Waals surface area contributed by atoms with Gasteiger partial charge >= 0.3 is 0 Å². The molecule has 2 nitrogen and oxygen atoms in total. The molecule has 0 aromatic heterocycles. The van der Waals surface area contributed by atoms with Crippen LogP contribution in [0.5, 0.6) is 5.75 Å². The minimum Gasteiger partial charge on any atom is -0.492 e. The van der Waals surface area contributed by atoms with Crippen molar-refractivity contribution in [2.24, 2.45) is 0 Å². The monoisotopic (exact) mass is 295 g/mol. The van der Waals surface area contributed by atoms with E-state index < -0.39 is 0 Å². The average molecular weight is 296 g/mol. The third-order valence-electron chi connectivity index (χ3n) is 2.64. The molecule has 0 atom stereocenters. The number of hydrogen-bond donors (Lipinski definition) is 1. The Morgan fingerprint density at radius 2 is 1.79 bits per heavy atom. The smallest absolute Gasteiger partial charge is 0.137 e. The number of halogens is 2. The quantitative estimate of drug-likeness (QED) is 0.838. The molecule has 0 bridgehead atoms. The fourth-order valence-corrected chi connectivity index (χ4v) is 2.08. The summed E-state index contributed by atoms with van der Waals surface area (Å²) >= 11 is 12.0. The van der Waals surface area contributed by atoms with Gasteiger partial charge in [-0.05, 0) is 48.9 Å². The molecule has 0 aliphatic carbocycles. The van der Waals surface area contributed by atoms with Crippen molar-refractivity contribution >= 4 is 28.9 Å². The first-order valence-corrected chi connectivity index (χ1v) is 6.85. The SMILES string of the molecule is CCOc1ccc(CNc2ccc(Cl)cc2)cc1Cl. The molecule has 1 N–H and O–H groups in total. The van der Waals surface area contributed by atoms with Crippen molar-refractivity contribution in [3.63, 3.8) is 0 Å². The molecule has 0 aliphatic heterocycles. The van der Waals surface area contributed by atoms with E-state index in [-0.39, 0.29) is 0 Å². The number of rotatable bonds is 5. The molecule has 0 heterocycles. The van der Waals surface area contributed by atoms with E-state index in [0.717, 1.165) is 22.0 Å². The Kier molecular flexibility index (Phi) is 4.94.